The van der Waals surface area contributed by atoms with Gasteiger partial charge in [0.1, 0.15) is 0 Å². The fourth-order valence-electron chi connectivity index (χ4n) is 1.35. The number of rotatable bonds is 3. The first-order valence-corrected chi connectivity index (χ1v) is 7.23. The average molecular weight is 324 g/mol. The van der Waals surface area contributed by atoms with Crippen LogP contribution in [0.25, 0.3) is 0 Å². The molecule has 0 atom stereocenters. The number of hydrogen-bond donors (Lipinski definition) is 2. The molecular formula is C13H12N2O6S. The predicted molar refractivity (Wildman–Crippen MR) is 78.7 cm³/mol. The Hall–Kier alpha value is -2.78. The zero-order valence-corrected chi connectivity index (χ0v) is 11.9. The molecule has 2 N–H and O–H groups in total. The van der Waals surface area contributed by atoms with E-state index in [0.717, 1.165) is 29.8 Å². The van der Waals surface area contributed by atoms with E-state index in [-0.39, 0.29) is 10.6 Å². The van der Waals surface area contributed by atoms with Crippen LogP contribution in [0.1, 0.15) is 5.56 Å². The Morgan fingerprint density at radius 2 is 1.59 bits per heavy atom. The molecule has 2 aromatic rings. The molecule has 0 aliphatic rings. The number of nitro groups is 1. The van der Waals surface area contributed by atoms with Crippen molar-refractivity contribution in [3.63, 3.8) is 0 Å². The summed E-state index contributed by atoms with van der Waals surface area (Å²) >= 11 is 0. The Morgan fingerprint density at radius 3 is 2.00 bits per heavy atom. The number of oxime groups is 1. The molecule has 2 aromatic carbocycles. The van der Waals surface area contributed by atoms with Gasteiger partial charge in [0.25, 0.3) is 15.8 Å². The van der Waals surface area contributed by atoms with Crippen molar-refractivity contribution >= 4 is 22.0 Å². The van der Waals surface area contributed by atoms with E-state index in [4.69, 9.17) is 9.76 Å². The van der Waals surface area contributed by atoms with Crippen molar-refractivity contribution in [3.05, 3.63) is 70.3 Å². The fraction of sp³-hybridized carbons (Fsp3) is 0. The zero-order valence-electron chi connectivity index (χ0n) is 11.1. The second-order valence-corrected chi connectivity index (χ2v) is 5.30. The van der Waals surface area contributed by atoms with Crippen molar-refractivity contribution in [1.82, 2.24) is 0 Å². The van der Waals surface area contributed by atoms with Gasteiger partial charge in [-0.15, -0.1) is 0 Å². The smallest absolute Gasteiger partial charge is 0.294 e. The minimum atomic E-state index is -4.27. The van der Waals surface area contributed by atoms with Crippen LogP contribution < -0.4 is 0 Å². The summed E-state index contributed by atoms with van der Waals surface area (Å²) in [5, 5.41) is 21.1. The number of benzene rings is 2. The van der Waals surface area contributed by atoms with Gasteiger partial charge in [-0.05, 0) is 17.7 Å². The molecule has 0 aliphatic carbocycles. The minimum Gasteiger partial charge on any atom is -0.411 e. The van der Waals surface area contributed by atoms with Crippen molar-refractivity contribution < 1.29 is 23.1 Å². The van der Waals surface area contributed by atoms with Crippen molar-refractivity contribution in [2.24, 2.45) is 5.16 Å². The lowest BCUT2D eigenvalue weighted by molar-refractivity contribution is -0.384. The molecule has 0 saturated heterocycles. The molecular weight excluding hydrogens is 312 g/mol. The van der Waals surface area contributed by atoms with E-state index in [2.05, 4.69) is 5.16 Å². The lowest BCUT2D eigenvalue weighted by atomic mass is 10.2. The monoisotopic (exact) mass is 324 g/mol. The summed E-state index contributed by atoms with van der Waals surface area (Å²) in [4.78, 5) is 9.13. The van der Waals surface area contributed by atoms with Gasteiger partial charge in [-0.3, -0.25) is 14.7 Å². The predicted octanol–water partition coefficient (Wildman–Crippen LogP) is 2.34. The Bertz CT molecular complexity index is 742. The van der Waals surface area contributed by atoms with Gasteiger partial charge in [-0.2, -0.15) is 8.42 Å². The molecule has 22 heavy (non-hydrogen) atoms. The Labute approximate surface area is 126 Å². The van der Waals surface area contributed by atoms with Gasteiger partial charge in [0.15, 0.2) is 0 Å². The van der Waals surface area contributed by atoms with Crippen LogP contribution in [0.3, 0.4) is 0 Å². The number of nitro benzene ring substituents is 1. The molecule has 0 radical (unpaired) electrons. The summed E-state index contributed by atoms with van der Waals surface area (Å²) in [6.07, 6.45) is 1.39. The van der Waals surface area contributed by atoms with E-state index in [0.29, 0.717) is 0 Å². The minimum absolute atomic E-state index is 0.229. The van der Waals surface area contributed by atoms with E-state index in [1.807, 2.05) is 30.3 Å². The molecule has 0 aromatic heterocycles. The van der Waals surface area contributed by atoms with Crippen molar-refractivity contribution in [2.45, 2.75) is 4.90 Å². The Morgan fingerprint density at radius 1 is 1.05 bits per heavy atom. The number of nitrogens with zero attached hydrogens (tertiary/aromatic N) is 2. The van der Waals surface area contributed by atoms with Gasteiger partial charge < -0.3 is 5.21 Å². The zero-order chi connectivity index (χ0) is 16.6. The maximum atomic E-state index is 10.5. The van der Waals surface area contributed by atoms with Gasteiger partial charge in [0.05, 0.1) is 16.0 Å². The van der Waals surface area contributed by atoms with Crippen molar-refractivity contribution in [3.8, 4) is 0 Å². The molecule has 0 amide bonds. The summed E-state index contributed by atoms with van der Waals surface area (Å²) in [5.41, 5.74) is 0.674. The maximum absolute atomic E-state index is 10.5. The highest BCUT2D eigenvalue weighted by molar-refractivity contribution is 7.85. The van der Waals surface area contributed by atoms with Gasteiger partial charge in [-0.25, -0.2) is 0 Å². The molecule has 116 valence electrons. The second kappa shape index (κ2) is 7.86. The third-order valence-electron chi connectivity index (χ3n) is 2.35. The summed E-state index contributed by atoms with van der Waals surface area (Å²) in [7, 11) is -4.27. The third kappa shape index (κ3) is 5.69. The van der Waals surface area contributed by atoms with Crippen LogP contribution >= 0.6 is 0 Å². The van der Waals surface area contributed by atoms with Gasteiger partial charge >= 0.3 is 0 Å². The van der Waals surface area contributed by atoms with Crippen LogP contribution in [0.5, 0.6) is 0 Å². The van der Waals surface area contributed by atoms with Crippen LogP contribution in [-0.4, -0.2) is 29.3 Å². The number of non-ortho nitro benzene ring substituents is 1. The molecule has 0 bridgehead atoms. The van der Waals surface area contributed by atoms with E-state index in [1.54, 1.807) is 0 Å². The Kier molecular flexibility index (Phi) is 6.17. The quantitative estimate of drug-likeness (QED) is 0.293. The Balaban J connectivity index is 0.000000235. The van der Waals surface area contributed by atoms with Crippen molar-refractivity contribution in [1.29, 1.82) is 0 Å². The molecule has 0 spiro atoms. The highest BCUT2D eigenvalue weighted by Gasteiger charge is 2.11. The molecule has 0 heterocycles. The molecule has 0 fully saturated rings. The molecule has 9 heteroatoms. The van der Waals surface area contributed by atoms with Crippen LogP contribution in [-0.2, 0) is 10.1 Å². The topological polar surface area (TPSA) is 130 Å². The summed E-state index contributed by atoms with van der Waals surface area (Å²) < 4.78 is 29.5. The third-order valence-corrected chi connectivity index (χ3v) is 3.22. The lowest BCUT2D eigenvalue weighted by Crippen LogP contribution is -1.97. The SMILES string of the molecule is O=[N+]([O-])c1ccc(S(=O)(=O)O)cc1.ON=Cc1ccccc1. The lowest BCUT2D eigenvalue weighted by Gasteiger charge is -1.94. The van der Waals surface area contributed by atoms with E-state index >= 15 is 0 Å². The molecule has 8 nitrogen and oxygen atoms in total. The molecule has 0 saturated carbocycles. The van der Waals surface area contributed by atoms with Crippen LogP contribution in [0.2, 0.25) is 0 Å². The normalized spacial score (nSPS) is 10.8. The van der Waals surface area contributed by atoms with Gasteiger partial charge in [0, 0.05) is 12.1 Å². The van der Waals surface area contributed by atoms with Crippen LogP contribution in [0.4, 0.5) is 5.69 Å². The van der Waals surface area contributed by atoms with Crippen LogP contribution in [0.15, 0.2) is 64.6 Å². The van der Waals surface area contributed by atoms with Gasteiger partial charge in [-0.1, -0.05) is 35.5 Å². The first kappa shape index (κ1) is 17.3. The average Bonchev–Trinajstić information content (AvgIpc) is 2.48. The highest BCUT2D eigenvalue weighted by atomic mass is 32.2. The van der Waals surface area contributed by atoms with E-state index in [1.165, 1.54) is 6.21 Å². The first-order valence-electron chi connectivity index (χ1n) is 5.79. The van der Waals surface area contributed by atoms with Crippen molar-refractivity contribution in [2.75, 3.05) is 0 Å². The summed E-state index contributed by atoms with van der Waals surface area (Å²) in [5.74, 6) is 0. The summed E-state index contributed by atoms with van der Waals surface area (Å²) in [6.45, 7) is 0. The summed E-state index contributed by atoms with van der Waals surface area (Å²) in [6, 6.07) is 13.3. The highest BCUT2D eigenvalue weighted by Crippen LogP contribution is 2.14. The molecule has 0 unspecified atom stereocenters. The van der Waals surface area contributed by atoms with Gasteiger partial charge in [0.2, 0.25) is 0 Å². The van der Waals surface area contributed by atoms with E-state index < -0.39 is 15.0 Å². The molecule has 0 aliphatic heterocycles. The maximum Gasteiger partial charge on any atom is 0.294 e. The number of hydrogen-bond acceptors (Lipinski definition) is 6. The molecule has 2 rings (SSSR count). The standard InChI is InChI=1S/C7H7NO.C6H5NO5S/c9-8-6-7-4-2-1-3-5-7;8-7(9)5-1-3-6(4-2-5)13(10,11)12/h1-6,9H;1-4H,(H,10,11,12). The van der Waals surface area contributed by atoms with Crippen LogP contribution in [0, 0.1) is 10.1 Å². The largest absolute Gasteiger partial charge is 0.411 e. The van der Waals surface area contributed by atoms with E-state index in [9.17, 15) is 18.5 Å². The first-order chi connectivity index (χ1) is 10.3. The second-order valence-electron chi connectivity index (χ2n) is 3.88. The fourth-order valence-corrected chi connectivity index (χ4v) is 1.83.